The van der Waals surface area contributed by atoms with E-state index in [1.165, 1.54) is 0 Å². The number of fused-ring (bicyclic) bond motifs is 1. The van der Waals surface area contributed by atoms with Crippen molar-refractivity contribution in [1.82, 2.24) is 4.98 Å². The summed E-state index contributed by atoms with van der Waals surface area (Å²) in [6.07, 6.45) is 0. The number of anilines is 1. The summed E-state index contributed by atoms with van der Waals surface area (Å²) < 4.78 is 37.9. The van der Waals surface area contributed by atoms with E-state index in [4.69, 9.17) is 9.29 Å². The second kappa shape index (κ2) is 6.18. The summed E-state index contributed by atoms with van der Waals surface area (Å²) in [5.74, 6) is 0.670. The molecule has 0 aliphatic heterocycles. The molecular formula is C9H11N2NaO4S2. The molecule has 9 heteroatoms. The van der Waals surface area contributed by atoms with Gasteiger partial charge in [0.2, 0.25) is 0 Å². The van der Waals surface area contributed by atoms with Gasteiger partial charge in [-0.15, -0.1) is 0 Å². The standard InChI is InChI=1S/C9H10N2O4S2.Na.H/c1-2-15-6-3-4-8-7(5-6)10-9(16-8)11-17(12,13)14;;/h3-5H,2H2,1H3,(H,10,11)(H,12,13,14);;/q;+1;-1. The first-order valence-electron chi connectivity index (χ1n) is 4.76. The Balaban J connectivity index is 0.00000162. The summed E-state index contributed by atoms with van der Waals surface area (Å²) in [6, 6.07) is 5.28. The number of rotatable bonds is 4. The van der Waals surface area contributed by atoms with Gasteiger partial charge in [0.25, 0.3) is 0 Å². The number of thiazole rings is 1. The number of hydrogen-bond donors (Lipinski definition) is 2. The van der Waals surface area contributed by atoms with Crippen LogP contribution in [0.4, 0.5) is 5.13 Å². The maximum Gasteiger partial charge on any atom is 1.00 e. The van der Waals surface area contributed by atoms with Crippen molar-refractivity contribution in [2.45, 2.75) is 6.92 Å². The summed E-state index contributed by atoms with van der Waals surface area (Å²) >= 11 is 1.13. The van der Waals surface area contributed by atoms with Gasteiger partial charge in [-0.05, 0) is 19.1 Å². The third-order valence-corrected chi connectivity index (χ3v) is 3.42. The van der Waals surface area contributed by atoms with Crippen LogP contribution in [0.2, 0.25) is 0 Å². The summed E-state index contributed by atoms with van der Waals surface area (Å²) in [6.45, 7) is 2.42. The second-order valence-electron chi connectivity index (χ2n) is 3.16. The summed E-state index contributed by atoms with van der Waals surface area (Å²) in [7, 11) is -4.28. The van der Waals surface area contributed by atoms with E-state index in [0.717, 1.165) is 16.0 Å². The number of ether oxygens (including phenoxy) is 1. The minimum atomic E-state index is -4.28. The third kappa shape index (κ3) is 4.08. The molecule has 0 radical (unpaired) electrons. The zero-order valence-corrected chi connectivity index (χ0v) is 13.5. The first-order chi connectivity index (χ1) is 7.98. The van der Waals surface area contributed by atoms with Crippen LogP contribution in [0, 0.1) is 0 Å². The summed E-state index contributed by atoms with van der Waals surface area (Å²) in [5.41, 5.74) is 0.618. The van der Waals surface area contributed by atoms with E-state index in [-0.39, 0.29) is 36.1 Å². The quantitative estimate of drug-likeness (QED) is 0.560. The van der Waals surface area contributed by atoms with Crippen molar-refractivity contribution >= 4 is 37.0 Å². The van der Waals surface area contributed by atoms with Gasteiger partial charge in [0.15, 0.2) is 5.13 Å². The van der Waals surface area contributed by atoms with E-state index in [1.54, 1.807) is 18.2 Å². The normalized spacial score (nSPS) is 11.0. The van der Waals surface area contributed by atoms with Crippen LogP contribution >= 0.6 is 11.3 Å². The second-order valence-corrected chi connectivity index (χ2v) is 5.34. The molecule has 0 aliphatic rings. The average molecular weight is 298 g/mol. The summed E-state index contributed by atoms with van der Waals surface area (Å²) in [4.78, 5) is 4.03. The van der Waals surface area contributed by atoms with Crippen molar-refractivity contribution < 1.29 is 48.7 Å². The molecule has 0 atom stereocenters. The van der Waals surface area contributed by atoms with Gasteiger partial charge in [0, 0.05) is 6.07 Å². The molecule has 18 heavy (non-hydrogen) atoms. The molecule has 0 aliphatic carbocycles. The Bertz CT molecular complexity index is 647. The Morgan fingerprint density at radius 1 is 1.56 bits per heavy atom. The Hall–Kier alpha value is -0.380. The Labute approximate surface area is 132 Å². The van der Waals surface area contributed by atoms with Crippen LogP contribution in [0.3, 0.4) is 0 Å². The monoisotopic (exact) mass is 298 g/mol. The van der Waals surface area contributed by atoms with Gasteiger partial charge in [-0.2, -0.15) is 8.42 Å². The Morgan fingerprint density at radius 3 is 2.89 bits per heavy atom. The van der Waals surface area contributed by atoms with Gasteiger partial charge < -0.3 is 6.16 Å². The van der Waals surface area contributed by atoms with Crippen molar-refractivity contribution in [2.75, 3.05) is 11.3 Å². The number of nitrogens with zero attached hydrogens (tertiary/aromatic N) is 1. The molecule has 1 heterocycles. The van der Waals surface area contributed by atoms with Crippen molar-refractivity contribution in [3.63, 3.8) is 0 Å². The molecule has 0 saturated heterocycles. The van der Waals surface area contributed by atoms with Crippen molar-refractivity contribution in [3.05, 3.63) is 18.2 Å². The van der Waals surface area contributed by atoms with Crippen LogP contribution in [0.1, 0.15) is 8.35 Å². The number of nitrogens with one attached hydrogen (secondary N) is 1. The Morgan fingerprint density at radius 2 is 2.28 bits per heavy atom. The fourth-order valence-electron chi connectivity index (χ4n) is 1.32. The third-order valence-electron chi connectivity index (χ3n) is 1.89. The van der Waals surface area contributed by atoms with Crippen LogP contribution in [-0.2, 0) is 10.3 Å². The number of hydrogen-bond acceptors (Lipinski definition) is 5. The van der Waals surface area contributed by atoms with E-state index < -0.39 is 10.3 Å². The summed E-state index contributed by atoms with van der Waals surface area (Å²) in [5, 5.41) is 0.121. The molecular weight excluding hydrogens is 287 g/mol. The fraction of sp³-hybridized carbons (Fsp3) is 0.222. The molecule has 1 aromatic heterocycles. The van der Waals surface area contributed by atoms with E-state index >= 15 is 0 Å². The smallest absolute Gasteiger partial charge is 1.00 e. The molecule has 0 bridgehead atoms. The molecule has 0 unspecified atom stereocenters. The van der Waals surface area contributed by atoms with Gasteiger partial charge in [-0.1, -0.05) is 11.3 Å². The molecule has 0 saturated carbocycles. The molecule has 0 spiro atoms. The average Bonchev–Trinajstić information content (AvgIpc) is 2.56. The molecule has 1 aromatic carbocycles. The molecule has 2 N–H and O–H groups in total. The Kier molecular flexibility index (Phi) is 5.38. The minimum Gasteiger partial charge on any atom is -1.00 e. The molecule has 0 fully saturated rings. The SMILES string of the molecule is CCOc1ccc2sc(NS(=O)(=O)O)nc2c1.[H-].[Na+]. The van der Waals surface area contributed by atoms with Crippen molar-refractivity contribution in [3.8, 4) is 5.75 Å². The maximum absolute atomic E-state index is 10.6. The van der Waals surface area contributed by atoms with E-state index in [0.29, 0.717) is 17.9 Å². The number of aromatic nitrogens is 1. The van der Waals surface area contributed by atoms with Crippen LogP contribution in [0.25, 0.3) is 10.2 Å². The first kappa shape index (κ1) is 15.7. The van der Waals surface area contributed by atoms with Gasteiger partial charge >= 0.3 is 39.9 Å². The van der Waals surface area contributed by atoms with Crippen LogP contribution in [0.5, 0.6) is 5.75 Å². The van der Waals surface area contributed by atoms with Crippen LogP contribution < -0.4 is 39.0 Å². The van der Waals surface area contributed by atoms with Crippen molar-refractivity contribution in [1.29, 1.82) is 0 Å². The molecule has 94 valence electrons. The van der Waals surface area contributed by atoms with E-state index in [1.807, 2.05) is 11.6 Å². The zero-order chi connectivity index (χ0) is 12.5. The maximum atomic E-state index is 10.6. The van der Waals surface area contributed by atoms with E-state index in [9.17, 15) is 8.42 Å². The predicted octanol–water partition coefficient (Wildman–Crippen LogP) is -0.974. The minimum absolute atomic E-state index is 0. The zero-order valence-electron chi connectivity index (χ0n) is 10.9. The fourth-order valence-corrected chi connectivity index (χ4v) is 2.76. The molecule has 6 nitrogen and oxygen atoms in total. The van der Waals surface area contributed by atoms with Crippen LogP contribution in [-0.4, -0.2) is 24.6 Å². The number of benzene rings is 1. The molecule has 2 rings (SSSR count). The largest absolute Gasteiger partial charge is 1.00 e. The van der Waals surface area contributed by atoms with Crippen LogP contribution in [0.15, 0.2) is 18.2 Å². The van der Waals surface area contributed by atoms with Gasteiger partial charge in [-0.3, -0.25) is 4.55 Å². The van der Waals surface area contributed by atoms with Gasteiger partial charge in [-0.25, -0.2) is 9.71 Å². The first-order valence-corrected chi connectivity index (χ1v) is 7.02. The molecule has 2 aromatic rings. The van der Waals surface area contributed by atoms with E-state index in [2.05, 4.69) is 4.98 Å². The van der Waals surface area contributed by atoms with Crippen molar-refractivity contribution in [2.24, 2.45) is 0 Å². The van der Waals surface area contributed by atoms with Gasteiger partial charge in [0.1, 0.15) is 5.75 Å². The predicted molar refractivity (Wildman–Crippen MR) is 67.1 cm³/mol. The molecule has 0 amide bonds. The topological polar surface area (TPSA) is 88.5 Å². The van der Waals surface area contributed by atoms with Gasteiger partial charge in [0.05, 0.1) is 16.8 Å².